The van der Waals surface area contributed by atoms with Crippen LogP contribution in [-0.2, 0) is 54.8 Å². The summed E-state index contributed by atoms with van der Waals surface area (Å²) in [5.41, 5.74) is 3.52. The van der Waals surface area contributed by atoms with Gasteiger partial charge in [-0.3, -0.25) is 18.7 Å². The third-order valence-corrected chi connectivity index (χ3v) is 11.7. The summed E-state index contributed by atoms with van der Waals surface area (Å²) < 4.78 is 62.9. The minimum absolute atomic E-state index is 0.00594. The molecular weight excluding hydrogens is 833 g/mol. The van der Waals surface area contributed by atoms with Crippen molar-refractivity contribution in [3.63, 3.8) is 0 Å². The highest BCUT2D eigenvalue weighted by Gasteiger charge is 2.26. The minimum Gasteiger partial charge on any atom is -0.478 e. The molecule has 0 radical (unpaired) electrons. The zero-order valence-corrected chi connectivity index (χ0v) is 35.6. The smallest absolute Gasteiger partial charge is 0.341 e. The summed E-state index contributed by atoms with van der Waals surface area (Å²) in [6.45, 7) is 5.05. The SMILES string of the molecule is COC(=O)c1cn(COC(=O)C(C)(C)C)c2ncc(-c3nn(C)c4ccc(S(C)(=O)=O)cc34)nc12.Cn1nc(-c2cnc3[nH]cc(C(=O)O)c3n2)c2cc(S(C)(=O)=O)ccc21. The third-order valence-electron chi connectivity index (χ3n) is 9.51. The second-order valence-electron chi connectivity index (χ2n) is 15.0. The molecule has 0 bridgehead atoms. The number of hydrogen-bond donors (Lipinski definition) is 2. The summed E-state index contributed by atoms with van der Waals surface area (Å²) in [4.78, 5) is 56.7. The Hall–Kier alpha value is -7.07. The number of hydrogen-bond acceptors (Lipinski definition) is 15. The lowest BCUT2D eigenvalue weighted by Gasteiger charge is -2.16. The standard InChI is InChI=1S/C23H25N5O6S.C16H13N5O4S/c1-23(2,3)22(30)34-12-28-11-15(21(29)33-5)19-20(28)24-10-16(25-19)18-14-9-13(35(6,31)32)7-8-17(14)27(4)26-18;1-21-12-4-3-8(26(2,24)25)5-9(12)13(20-21)11-7-18-15-14(19-11)10(6-17-15)16(22)23/h7-11H,12H2,1-6H3;3-7H,1-2H3,(H,17,18)(H,22,23). The minimum atomic E-state index is -3.44. The monoisotopic (exact) mass is 870 g/mol. The number of aryl methyl sites for hydroxylation is 2. The molecule has 0 saturated carbocycles. The summed E-state index contributed by atoms with van der Waals surface area (Å²) in [7, 11) is -2.10. The first-order chi connectivity index (χ1) is 28.6. The second-order valence-corrected chi connectivity index (χ2v) is 19.1. The Balaban J connectivity index is 0.000000192. The van der Waals surface area contributed by atoms with E-state index in [2.05, 4.69) is 35.1 Å². The molecule has 0 spiro atoms. The first-order valence-electron chi connectivity index (χ1n) is 18.1. The number of ether oxygens (including phenoxy) is 2. The normalized spacial score (nSPS) is 12.2. The Morgan fingerprint density at radius 3 is 1.80 bits per heavy atom. The van der Waals surface area contributed by atoms with Crippen LogP contribution >= 0.6 is 0 Å². The van der Waals surface area contributed by atoms with Gasteiger partial charge in [-0.05, 0) is 57.2 Å². The number of H-pyrrole nitrogens is 1. The van der Waals surface area contributed by atoms with Gasteiger partial charge in [0.1, 0.15) is 44.9 Å². The van der Waals surface area contributed by atoms with Gasteiger partial charge in [-0.15, -0.1) is 0 Å². The van der Waals surface area contributed by atoms with Gasteiger partial charge in [0.05, 0.1) is 45.7 Å². The molecule has 2 aromatic carbocycles. The van der Waals surface area contributed by atoms with E-state index in [9.17, 15) is 36.3 Å². The maximum Gasteiger partial charge on any atom is 0.341 e. The van der Waals surface area contributed by atoms with Crippen molar-refractivity contribution in [2.75, 3.05) is 19.6 Å². The van der Waals surface area contributed by atoms with E-state index in [4.69, 9.17) is 9.47 Å². The highest BCUT2D eigenvalue weighted by Crippen LogP contribution is 2.32. The molecule has 61 heavy (non-hydrogen) atoms. The zero-order chi connectivity index (χ0) is 44.3. The Morgan fingerprint density at radius 1 is 0.787 bits per heavy atom. The Kier molecular flexibility index (Phi) is 10.5. The van der Waals surface area contributed by atoms with E-state index >= 15 is 0 Å². The number of carboxylic acid groups (broad SMARTS) is 1. The van der Waals surface area contributed by atoms with Gasteiger partial charge in [-0.1, -0.05) is 0 Å². The second kappa shape index (κ2) is 15.2. The fourth-order valence-electron chi connectivity index (χ4n) is 6.37. The first kappa shape index (κ1) is 42.1. The van der Waals surface area contributed by atoms with Crippen molar-refractivity contribution in [2.45, 2.75) is 37.3 Å². The topological polar surface area (TPSA) is 266 Å². The number of methoxy groups -OCH3 is 1. The van der Waals surface area contributed by atoms with Gasteiger partial charge in [0.2, 0.25) is 0 Å². The van der Waals surface area contributed by atoms with Crippen molar-refractivity contribution in [3.05, 3.63) is 72.3 Å². The number of nitrogens with zero attached hydrogens (tertiary/aromatic N) is 9. The number of benzene rings is 2. The molecule has 0 fully saturated rings. The lowest BCUT2D eigenvalue weighted by Crippen LogP contribution is -2.24. The number of carbonyl (C=O) groups is 3. The van der Waals surface area contributed by atoms with E-state index in [-0.39, 0.29) is 38.7 Å². The molecule has 0 unspecified atom stereocenters. The van der Waals surface area contributed by atoms with E-state index in [0.29, 0.717) is 50.4 Å². The zero-order valence-electron chi connectivity index (χ0n) is 33.9. The van der Waals surface area contributed by atoms with Crippen molar-refractivity contribution >= 4 is 81.7 Å². The average molecular weight is 871 g/mol. The first-order valence-corrected chi connectivity index (χ1v) is 21.9. The molecule has 8 rings (SSSR count). The number of sulfone groups is 2. The summed E-state index contributed by atoms with van der Waals surface area (Å²) in [6, 6.07) is 9.46. The number of carboxylic acids is 1. The Labute approximate surface area is 347 Å². The van der Waals surface area contributed by atoms with Crippen LogP contribution in [0.1, 0.15) is 41.5 Å². The molecule has 6 aromatic heterocycles. The molecule has 22 heteroatoms. The highest BCUT2D eigenvalue weighted by molar-refractivity contribution is 7.91. The molecular formula is C39H38N10O10S2. The van der Waals surface area contributed by atoms with Crippen molar-refractivity contribution in [2.24, 2.45) is 19.5 Å². The van der Waals surface area contributed by atoms with Crippen molar-refractivity contribution in [1.29, 1.82) is 0 Å². The predicted octanol–water partition coefficient (Wildman–Crippen LogP) is 4.34. The largest absolute Gasteiger partial charge is 0.478 e. The molecule has 6 heterocycles. The van der Waals surface area contributed by atoms with Crippen LogP contribution in [0.3, 0.4) is 0 Å². The van der Waals surface area contributed by atoms with Crippen molar-refractivity contribution in [3.8, 4) is 22.8 Å². The maximum absolute atomic E-state index is 12.5. The maximum atomic E-state index is 12.5. The number of esters is 2. The van der Waals surface area contributed by atoms with Crippen LogP contribution in [0, 0.1) is 5.41 Å². The van der Waals surface area contributed by atoms with Gasteiger partial charge in [0.25, 0.3) is 0 Å². The summed E-state index contributed by atoms with van der Waals surface area (Å²) in [6.07, 6.45) is 8.01. The van der Waals surface area contributed by atoms with Gasteiger partial charge in [-0.2, -0.15) is 10.2 Å². The summed E-state index contributed by atoms with van der Waals surface area (Å²) >= 11 is 0. The molecule has 0 aliphatic rings. The summed E-state index contributed by atoms with van der Waals surface area (Å²) in [5, 5.41) is 19.3. The van der Waals surface area contributed by atoms with Gasteiger partial charge < -0.3 is 19.6 Å². The van der Waals surface area contributed by atoms with E-state index in [1.54, 1.807) is 56.4 Å². The van der Waals surface area contributed by atoms with Gasteiger partial charge in [0, 0.05) is 49.8 Å². The van der Waals surface area contributed by atoms with E-state index < -0.39 is 43.0 Å². The lowest BCUT2D eigenvalue weighted by atomic mass is 9.98. The predicted molar refractivity (Wildman–Crippen MR) is 221 cm³/mol. The van der Waals surface area contributed by atoms with Crippen LogP contribution in [0.4, 0.5) is 0 Å². The number of aromatic nitrogens is 10. The van der Waals surface area contributed by atoms with Crippen LogP contribution in [0.2, 0.25) is 0 Å². The van der Waals surface area contributed by atoms with Crippen LogP contribution in [0.5, 0.6) is 0 Å². The number of nitrogens with one attached hydrogen (secondary N) is 1. The molecule has 20 nitrogen and oxygen atoms in total. The Morgan fingerprint density at radius 2 is 1.31 bits per heavy atom. The number of carbonyl (C=O) groups excluding carboxylic acids is 2. The van der Waals surface area contributed by atoms with E-state index in [0.717, 1.165) is 18.0 Å². The van der Waals surface area contributed by atoms with Crippen molar-refractivity contribution < 1.29 is 45.8 Å². The van der Waals surface area contributed by atoms with Crippen LogP contribution in [-0.4, -0.2) is 109 Å². The van der Waals surface area contributed by atoms with Crippen LogP contribution < -0.4 is 0 Å². The Bertz CT molecular complexity index is 3340. The molecule has 316 valence electrons. The third kappa shape index (κ3) is 8.01. The molecule has 0 aliphatic carbocycles. The van der Waals surface area contributed by atoms with Crippen LogP contribution in [0.25, 0.3) is 66.9 Å². The molecule has 0 saturated heterocycles. The van der Waals surface area contributed by atoms with E-state index in [1.165, 1.54) is 60.7 Å². The average Bonchev–Trinajstić information content (AvgIpc) is 3.97. The summed E-state index contributed by atoms with van der Waals surface area (Å²) in [5.74, 6) is -2.16. The van der Waals surface area contributed by atoms with Crippen molar-refractivity contribution in [1.82, 2.24) is 49.0 Å². The molecule has 0 atom stereocenters. The van der Waals surface area contributed by atoms with Gasteiger partial charge >= 0.3 is 17.9 Å². The molecule has 2 N–H and O–H groups in total. The number of fused-ring (bicyclic) bond motifs is 4. The molecule has 0 amide bonds. The number of aromatic carboxylic acids is 1. The molecule has 0 aliphatic heterocycles. The van der Waals surface area contributed by atoms with Gasteiger partial charge in [0.15, 0.2) is 37.7 Å². The van der Waals surface area contributed by atoms with Crippen LogP contribution in [0.15, 0.2) is 71.0 Å². The fraction of sp³-hybridized carbons (Fsp3) is 0.256. The van der Waals surface area contributed by atoms with Gasteiger partial charge in [-0.25, -0.2) is 46.4 Å². The van der Waals surface area contributed by atoms with E-state index in [1.807, 2.05) is 0 Å². The number of rotatable bonds is 8. The number of aromatic amines is 1. The lowest BCUT2D eigenvalue weighted by molar-refractivity contribution is -0.156. The highest BCUT2D eigenvalue weighted by atomic mass is 32.2. The quantitative estimate of drug-likeness (QED) is 0.201. The molecule has 8 aromatic rings. The fourth-order valence-corrected chi connectivity index (χ4v) is 7.66.